The predicted molar refractivity (Wildman–Crippen MR) is 129 cm³/mol. The van der Waals surface area contributed by atoms with Gasteiger partial charge in [-0.3, -0.25) is 4.79 Å². The second-order valence-electron chi connectivity index (χ2n) is 8.06. The average molecular weight is 482 g/mol. The highest BCUT2D eigenvalue weighted by Gasteiger charge is 2.21. The van der Waals surface area contributed by atoms with Gasteiger partial charge in [0.05, 0.1) is 36.1 Å². The average Bonchev–Trinajstić information content (AvgIpc) is 2.83. The molecule has 8 nitrogen and oxygen atoms in total. The lowest BCUT2D eigenvalue weighted by molar-refractivity contribution is -0.137. The van der Waals surface area contributed by atoms with E-state index in [1.807, 2.05) is 13.8 Å². The zero-order chi connectivity index (χ0) is 24.1. The SMILES string of the molecule is C1CCNCC1.CC1(C)COCCO1.CNc1nc(-c2cc(NC=O)ncc2Cl)ccc1F. The van der Waals surface area contributed by atoms with E-state index in [-0.39, 0.29) is 11.4 Å². The lowest BCUT2D eigenvalue weighted by Gasteiger charge is -2.29. The standard InChI is InChI=1S/C12H10ClFN4O.C6H12O2.C5H11N/c1-15-12-9(14)2-3-10(18-12)7-4-11(17-6-19)16-5-8(7)13;1-6(2)5-7-3-4-8-6;1-2-4-6-5-3-1/h2-6H,1H3,(H,15,18)(H,16,17,19);3-5H2,1-2H3;6H,1-5H2. The van der Waals surface area contributed by atoms with Crippen LogP contribution in [0.15, 0.2) is 24.4 Å². The van der Waals surface area contributed by atoms with Gasteiger partial charge in [-0.25, -0.2) is 14.4 Å². The van der Waals surface area contributed by atoms with Crippen LogP contribution in [0.5, 0.6) is 0 Å². The highest BCUT2D eigenvalue weighted by molar-refractivity contribution is 6.33. The summed E-state index contributed by atoms with van der Waals surface area (Å²) in [5.41, 5.74) is 0.989. The van der Waals surface area contributed by atoms with Gasteiger partial charge in [-0.15, -0.1) is 0 Å². The van der Waals surface area contributed by atoms with Crippen molar-refractivity contribution in [2.75, 3.05) is 50.6 Å². The smallest absolute Gasteiger partial charge is 0.212 e. The van der Waals surface area contributed by atoms with Crippen molar-refractivity contribution in [2.24, 2.45) is 0 Å². The number of anilines is 2. The molecule has 0 spiro atoms. The van der Waals surface area contributed by atoms with Crippen molar-refractivity contribution >= 4 is 29.6 Å². The molecule has 10 heteroatoms. The summed E-state index contributed by atoms with van der Waals surface area (Å²) in [7, 11) is 1.57. The van der Waals surface area contributed by atoms with Gasteiger partial charge in [-0.05, 0) is 58.0 Å². The Morgan fingerprint density at radius 1 is 1.21 bits per heavy atom. The van der Waals surface area contributed by atoms with Crippen LogP contribution >= 0.6 is 11.6 Å². The number of amides is 1. The maximum Gasteiger partial charge on any atom is 0.212 e. The molecule has 33 heavy (non-hydrogen) atoms. The summed E-state index contributed by atoms with van der Waals surface area (Å²) in [4.78, 5) is 18.4. The molecule has 1 amide bonds. The van der Waals surface area contributed by atoms with Crippen molar-refractivity contribution in [3.8, 4) is 11.3 Å². The Bertz CT molecular complexity index is 862. The van der Waals surface area contributed by atoms with Gasteiger partial charge >= 0.3 is 0 Å². The molecule has 2 fully saturated rings. The first-order valence-corrected chi connectivity index (χ1v) is 11.4. The molecule has 182 valence electrons. The van der Waals surface area contributed by atoms with Crippen LogP contribution in [0.4, 0.5) is 16.0 Å². The molecule has 2 saturated heterocycles. The first kappa shape index (κ1) is 26.9. The third-order valence-electron chi connectivity index (χ3n) is 4.80. The van der Waals surface area contributed by atoms with Crippen LogP contribution in [0.1, 0.15) is 33.1 Å². The lowest BCUT2D eigenvalue weighted by Crippen LogP contribution is -2.37. The van der Waals surface area contributed by atoms with Crippen molar-refractivity contribution in [3.63, 3.8) is 0 Å². The fourth-order valence-corrected chi connectivity index (χ4v) is 3.28. The van der Waals surface area contributed by atoms with Gasteiger partial charge in [0.1, 0.15) is 5.82 Å². The molecule has 4 rings (SSSR count). The Morgan fingerprint density at radius 3 is 2.45 bits per heavy atom. The van der Waals surface area contributed by atoms with Crippen LogP contribution in [0.3, 0.4) is 0 Å². The summed E-state index contributed by atoms with van der Waals surface area (Å²) >= 11 is 6.03. The minimum atomic E-state index is -0.456. The molecule has 0 radical (unpaired) electrons. The number of rotatable bonds is 4. The molecule has 2 aromatic heterocycles. The summed E-state index contributed by atoms with van der Waals surface area (Å²) in [5, 5.41) is 8.71. The van der Waals surface area contributed by atoms with E-state index in [1.165, 1.54) is 50.7 Å². The topological polar surface area (TPSA) is 97.4 Å². The number of hydrogen-bond donors (Lipinski definition) is 3. The van der Waals surface area contributed by atoms with E-state index in [1.54, 1.807) is 13.1 Å². The minimum Gasteiger partial charge on any atom is -0.376 e. The quantitative estimate of drug-likeness (QED) is 0.565. The van der Waals surface area contributed by atoms with Gasteiger partial charge in [0.25, 0.3) is 0 Å². The molecule has 2 aromatic rings. The molecule has 0 unspecified atom stereocenters. The van der Waals surface area contributed by atoms with Crippen molar-refractivity contribution in [1.29, 1.82) is 0 Å². The number of halogens is 2. The highest BCUT2D eigenvalue weighted by atomic mass is 35.5. The Morgan fingerprint density at radius 2 is 1.97 bits per heavy atom. The van der Waals surface area contributed by atoms with E-state index in [0.717, 1.165) is 19.8 Å². The van der Waals surface area contributed by atoms with E-state index < -0.39 is 5.82 Å². The summed E-state index contributed by atoms with van der Waals surface area (Å²) in [6.45, 7) is 8.79. The summed E-state index contributed by atoms with van der Waals surface area (Å²) < 4.78 is 23.9. The van der Waals surface area contributed by atoms with Crippen LogP contribution in [0.25, 0.3) is 11.3 Å². The van der Waals surface area contributed by atoms with Crippen LogP contribution in [-0.4, -0.2) is 61.9 Å². The second kappa shape index (κ2) is 14.0. The molecule has 3 N–H and O–H groups in total. The van der Waals surface area contributed by atoms with Gasteiger partial charge in [-0.2, -0.15) is 0 Å². The van der Waals surface area contributed by atoms with Crippen LogP contribution in [0.2, 0.25) is 5.02 Å². The molecular formula is C23H33ClFN5O3. The molecule has 0 saturated carbocycles. The maximum atomic E-state index is 13.4. The molecule has 2 aliphatic rings. The zero-order valence-electron chi connectivity index (χ0n) is 19.4. The molecule has 2 aliphatic heterocycles. The van der Waals surface area contributed by atoms with Crippen molar-refractivity contribution in [3.05, 3.63) is 35.2 Å². The second-order valence-corrected chi connectivity index (χ2v) is 8.47. The normalized spacial score (nSPS) is 16.9. The fourth-order valence-electron chi connectivity index (χ4n) is 3.08. The van der Waals surface area contributed by atoms with Crippen LogP contribution in [-0.2, 0) is 14.3 Å². The van der Waals surface area contributed by atoms with Gasteiger partial charge in [0.2, 0.25) is 6.41 Å². The number of piperidine rings is 1. The Balaban J connectivity index is 0.000000223. The van der Waals surface area contributed by atoms with E-state index in [9.17, 15) is 9.18 Å². The Labute approximate surface area is 199 Å². The lowest BCUT2D eigenvalue weighted by atomic mass is 10.1. The Hall–Kier alpha value is -2.33. The third kappa shape index (κ3) is 9.59. The monoisotopic (exact) mass is 481 g/mol. The first-order chi connectivity index (χ1) is 15.9. The molecule has 0 bridgehead atoms. The molecule has 0 aliphatic carbocycles. The summed E-state index contributed by atoms with van der Waals surface area (Å²) in [6, 6.07) is 4.36. The first-order valence-electron chi connectivity index (χ1n) is 11.0. The Kier molecular flexibility index (Phi) is 11.5. The number of nitrogens with one attached hydrogen (secondary N) is 3. The molecular weight excluding hydrogens is 449 g/mol. The minimum absolute atomic E-state index is 0.0434. The van der Waals surface area contributed by atoms with Gasteiger partial charge in [-0.1, -0.05) is 18.0 Å². The highest BCUT2D eigenvalue weighted by Crippen LogP contribution is 2.29. The van der Waals surface area contributed by atoms with Crippen molar-refractivity contribution in [1.82, 2.24) is 15.3 Å². The zero-order valence-corrected chi connectivity index (χ0v) is 20.2. The number of nitrogens with zero attached hydrogens (tertiary/aromatic N) is 2. The largest absolute Gasteiger partial charge is 0.376 e. The van der Waals surface area contributed by atoms with Crippen LogP contribution < -0.4 is 16.0 Å². The maximum absolute atomic E-state index is 13.4. The van der Waals surface area contributed by atoms with E-state index >= 15 is 0 Å². The molecule has 0 aromatic carbocycles. The number of hydrogen-bond acceptors (Lipinski definition) is 7. The van der Waals surface area contributed by atoms with Crippen LogP contribution in [0, 0.1) is 5.82 Å². The number of aromatic nitrogens is 2. The van der Waals surface area contributed by atoms with Gasteiger partial charge in [0.15, 0.2) is 11.6 Å². The fraction of sp³-hybridized carbons (Fsp3) is 0.522. The number of carbonyl (C=O) groups is 1. The third-order valence-corrected chi connectivity index (χ3v) is 5.10. The van der Waals surface area contributed by atoms with Crippen molar-refractivity contribution in [2.45, 2.75) is 38.7 Å². The molecule has 4 heterocycles. The molecule has 0 atom stereocenters. The number of ether oxygens (including phenoxy) is 2. The van der Waals surface area contributed by atoms with Crippen molar-refractivity contribution < 1.29 is 18.7 Å². The van der Waals surface area contributed by atoms with E-state index in [0.29, 0.717) is 28.5 Å². The van der Waals surface area contributed by atoms with Gasteiger partial charge in [0, 0.05) is 18.8 Å². The number of pyridine rings is 2. The van der Waals surface area contributed by atoms with E-state index in [4.69, 9.17) is 21.1 Å². The summed E-state index contributed by atoms with van der Waals surface area (Å²) in [6.07, 6.45) is 6.12. The number of carbonyl (C=O) groups excluding carboxylic acids is 1. The van der Waals surface area contributed by atoms with Gasteiger partial charge < -0.3 is 25.4 Å². The van der Waals surface area contributed by atoms with E-state index in [2.05, 4.69) is 25.9 Å². The summed E-state index contributed by atoms with van der Waals surface area (Å²) in [5.74, 6) is 0.00415. The predicted octanol–water partition coefficient (Wildman–Crippen LogP) is 4.12.